The fourth-order valence-electron chi connectivity index (χ4n) is 4.70. The zero-order chi connectivity index (χ0) is 17.1. The Labute approximate surface area is 150 Å². The smallest absolute Gasteiger partial charge is 0.238 e. The van der Waals surface area contributed by atoms with Crippen LogP contribution < -0.4 is 10.2 Å². The molecule has 4 aliphatic rings. The molecule has 5 rings (SSSR count). The van der Waals surface area contributed by atoms with E-state index in [4.69, 9.17) is 0 Å². The van der Waals surface area contributed by atoms with E-state index in [1.165, 1.54) is 51.4 Å². The molecule has 5 nitrogen and oxygen atoms in total. The van der Waals surface area contributed by atoms with Crippen LogP contribution in [0.25, 0.3) is 0 Å². The molecular formula is C20H30N4O. The molecule has 0 radical (unpaired) electrons. The van der Waals surface area contributed by atoms with Crippen molar-refractivity contribution in [2.45, 2.75) is 57.4 Å². The number of hydrogen-bond donors (Lipinski definition) is 1. The lowest BCUT2D eigenvalue weighted by Gasteiger charge is -2.44. The fourth-order valence-corrected chi connectivity index (χ4v) is 4.70. The number of rotatable bonds is 4. The van der Waals surface area contributed by atoms with E-state index in [1.807, 2.05) is 12.1 Å². The van der Waals surface area contributed by atoms with Crippen molar-refractivity contribution >= 4 is 17.4 Å². The molecule has 0 aromatic carbocycles. The molecule has 3 saturated heterocycles. The van der Waals surface area contributed by atoms with Crippen molar-refractivity contribution in [1.29, 1.82) is 0 Å². The van der Waals surface area contributed by atoms with Crippen molar-refractivity contribution in [3.63, 3.8) is 0 Å². The maximum atomic E-state index is 12.4. The van der Waals surface area contributed by atoms with Crippen molar-refractivity contribution in [2.24, 2.45) is 5.92 Å². The molecule has 136 valence electrons. The number of piperidine rings is 2. The summed E-state index contributed by atoms with van der Waals surface area (Å²) in [4.78, 5) is 21.7. The normalized spacial score (nSPS) is 27.1. The minimum Gasteiger partial charge on any atom is -0.357 e. The van der Waals surface area contributed by atoms with Crippen LogP contribution in [0.5, 0.6) is 0 Å². The van der Waals surface area contributed by atoms with Gasteiger partial charge in [0.2, 0.25) is 5.91 Å². The molecule has 4 heterocycles. The lowest BCUT2D eigenvalue weighted by atomic mass is 9.80. The Bertz CT molecular complexity index is 572. The van der Waals surface area contributed by atoms with Gasteiger partial charge >= 0.3 is 0 Å². The van der Waals surface area contributed by atoms with Gasteiger partial charge in [0.25, 0.3) is 0 Å². The Morgan fingerprint density at radius 2 is 1.84 bits per heavy atom. The molecule has 1 aliphatic carbocycles. The first-order valence-corrected chi connectivity index (χ1v) is 10.0. The molecule has 1 saturated carbocycles. The molecule has 1 N–H and O–H groups in total. The van der Waals surface area contributed by atoms with E-state index in [1.54, 1.807) is 6.20 Å². The van der Waals surface area contributed by atoms with E-state index >= 15 is 0 Å². The van der Waals surface area contributed by atoms with Crippen LogP contribution in [0.1, 0.15) is 51.4 Å². The molecule has 1 amide bonds. The number of carbonyl (C=O) groups is 1. The summed E-state index contributed by atoms with van der Waals surface area (Å²) in [5.41, 5.74) is 0.811. The van der Waals surface area contributed by atoms with Crippen LogP contribution >= 0.6 is 0 Å². The van der Waals surface area contributed by atoms with Crippen LogP contribution in [0.2, 0.25) is 0 Å². The van der Waals surface area contributed by atoms with E-state index in [0.717, 1.165) is 37.1 Å². The SMILES string of the molecule is O=C(CN1CC2CCC1CC2)Nc1ccc(N2CCCCCC2)nc1. The lowest BCUT2D eigenvalue weighted by molar-refractivity contribution is -0.119. The van der Waals surface area contributed by atoms with Gasteiger partial charge in [0.15, 0.2) is 0 Å². The molecule has 4 fully saturated rings. The fraction of sp³-hybridized carbons (Fsp3) is 0.700. The summed E-state index contributed by atoms with van der Waals surface area (Å²) in [7, 11) is 0. The van der Waals surface area contributed by atoms with Gasteiger partial charge in [-0.25, -0.2) is 4.98 Å². The summed E-state index contributed by atoms with van der Waals surface area (Å²) in [6.07, 6.45) is 12.2. The zero-order valence-electron chi connectivity index (χ0n) is 15.1. The third-order valence-electron chi connectivity index (χ3n) is 6.13. The molecule has 3 aliphatic heterocycles. The molecule has 1 aromatic heterocycles. The van der Waals surface area contributed by atoms with Crippen LogP contribution in [0.4, 0.5) is 11.5 Å². The first kappa shape index (κ1) is 16.8. The molecule has 1 aromatic rings. The van der Waals surface area contributed by atoms with Gasteiger partial charge < -0.3 is 10.2 Å². The van der Waals surface area contributed by atoms with Crippen molar-refractivity contribution in [1.82, 2.24) is 9.88 Å². The van der Waals surface area contributed by atoms with Crippen LogP contribution in [0, 0.1) is 5.92 Å². The van der Waals surface area contributed by atoms with Gasteiger partial charge in [-0.3, -0.25) is 9.69 Å². The van der Waals surface area contributed by atoms with E-state index in [-0.39, 0.29) is 5.91 Å². The third kappa shape index (κ3) is 4.14. The highest BCUT2D eigenvalue weighted by atomic mass is 16.2. The number of nitrogens with one attached hydrogen (secondary N) is 1. The van der Waals surface area contributed by atoms with Gasteiger partial charge in [-0.15, -0.1) is 0 Å². The number of nitrogens with zero attached hydrogens (tertiary/aromatic N) is 3. The van der Waals surface area contributed by atoms with Gasteiger partial charge in [0.05, 0.1) is 18.4 Å². The number of pyridine rings is 1. The molecule has 2 bridgehead atoms. The summed E-state index contributed by atoms with van der Waals surface area (Å²) in [5, 5.41) is 3.03. The molecule has 25 heavy (non-hydrogen) atoms. The Kier molecular flexibility index (Phi) is 5.20. The minimum atomic E-state index is 0.0943. The monoisotopic (exact) mass is 342 g/mol. The van der Waals surface area contributed by atoms with Gasteiger partial charge in [-0.2, -0.15) is 0 Å². The Balaban J connectivity index is 1.30. The predicted octanol–water partition coefficient (Wildman–Crippen LogP) is 3.27. The number of fused-ring (bicyclic) bond motifs is 3. The molecule has 0 unspecified atom stereocenters. The van der Waals surface area contributed by atoms with E-state index in [0.29, 0.717) is 12.6 Å². The van der Waals surface area contributed by atoms with Crippen molar-refractivity contribution in [2.75, 3.05) is 36.4 Å². The Hall–Kier alpha value is -1.62. The highest BCUT2D eigenvalue weighted by Crippen LogP contribution is 2.34. The largest absolute Gasteiger partial charge is 0.357 e. The van der Waals surface area contributed by atoms with Gasteiger partial charge in [-0.05, 0) is 56.6 Å². The van der Waals surface area contributed by atoms with E-state index in [2.05, 4.69) is 20.1 Å². The third-order valence-corrected chi connectivity index (χ3v) is 6.13. The van der Waals surface area contributed by atoms with Crippen LogP contribution in [-0.4, -0.2) is 48.0 Å². The van der Waals surface area contributed by atoms with Crippen molar-refractivity contribution in [3.8, 4) is 0 Å². The highest BCUT2D eigenvalue weighted by molar-refractivity contribution is 5.92. The maximum Gasteiger partial charge on any atom is 0.238 e. The number of hydrogen-bond acceptors (Lipinski definition) is 4. The van der Waals surface area contributed by atoms with Gasteiger partial charge in [0, 0.05) is 25.7 Å². The molecular weight excluding hydrogens is 312 g/mol. The minimum absolute atomic E-state index is 0.0943. The van der Waals surface area contributed by atoms with E-state index < -0.39 is 0 Å². The Morgan fingerprint density at radius 1 is 1.08 bits per heavy atom. The quantitative estimate of drug-likeness (QED) is 0.912. The van der Waals surface area contributed by atoms with Crippen LogP contribution in [0.15, 0.2) is 18.3 Å². The lowest BCUT2D eigenvalue weighted by Crippen LogP contribution is -2.50. The van der Waals surface area contributed by atoms with Crippen molar-refractivity contribution in [3.05, 3.63) is 18.3 Å². The second kappa shape index (κ2) is 7.73. The average Bonchev–Trinajstić information content (AvgIpc) is 2.93. The second-order valence-corrected chi connectivity index (χ2v) is 7.96. The number of amides is 1. The number of anilines is 2. The number of carbonyl (C=O) groups excluding carboxylic acids is 1. The first-order chi connectivity index (χ1) is 12.3. The van der Waals surface area contributed by atoms with Gasteiger partial charge in [0.1, 0.15) is 5.82 Å². The van der Waals surface area contributed by atoms with Gasteiger partial charge in [-0.1, -0.05) is 12.8 Å². The summed E-state index contributed by atoms with van der Waals surface area (Å²) in [6.45, 7) is 3.81. The molecule has 0 atom stereocenters. The standard InChI is InChI=1S/C20H30N4O/c25-20(15-24-14-16-5-8-18(24)9-6-16)22-17-7-10-19(21-13-17)23-11-3-1-2-4-12-23/h7,10,13,16,18H,1-6,8-9,11-12,14-15H2,(H,22,25). The van der Waals surface area contributed by atoms with Crippen LogP contribution in [-0.2, 0) is 4.79 Å². The predicted molar refractivity (Wildman–Crippen MR) is 101 cm³/mol. The second-order valence-electron chi connectivity index (χ2n) is 7.96. The Morgan fingerprint density at radius 3 is 2.44 bits per heavy atom. The molecule has 0 spiro atoms. The van der Waals surface area contributed by atoms with Crippen LogP contribution in [0.3, 0.4) is 0 Å². The van der Waals surface area contributed by atoms with E-state index in [9.17, 15) is 4.79 Å². The topological polar surface area (TPSA) is 48.5 Å². The average molecular weight is 342 g/mol. The summed E-state index contributed by atoms with van der Waals surface area (Å²) < 4.78 is 0. The molecule has 5 heteroatoms. The summed E-state index contributed by atoms with van der Waals surface area (Å²) in [6, 6.07) is 4.66. The summed E-state index contributed by atoms with van der Waals surface area (Å²) >= 11 is 0. The first-order valence-electron chi connectivity index (χ1n) is 10.0. The number of aromatic nitrogens is 1. The highest BCUT2D eigenvalue weighted by Gasteiger charge is 2.34. The zero-order valence-corrected chi connectivity index (χ0v) is 15.1. The van der Waals surface area contributed by atoms with Crippen molar-refractivity contribution < 1.29 is 4.79 Å². The summed E-state index contributed by atoms with van der Waals surface area (Å²) in [5.74, 6) is 1.94. The maximum absolute atomic E-state index is 12.4.